The number of morpholine rings is 1. The zero-order valence-electron chi connectivity index (χ0n) is 23.3. The Morgan fingerprint density at radius 1 is 0.977 bits per heavy atom. The normalized spacial score (nSPS) is 14.3. The summed E-state index contributed by atoms with van der Waals surface area (Å²) >= 11 is 1.12. The Kier molecular flexibility index (Phi) is 8.00. The molecule has 3 heterocycles. The number of benzene rings is 3. The maximum Gasteiger partial charge on any atom is 0.273 e. The first-order valence-electron chi connectivity index (χ1n) is 13.7. The number of amides is 1. The van der Waals surface area contributed by atoms with Crippen molar-refractivity contribution >= 4 is 28.9 Å². The van der Waals surface area contributed by atoms with E-state index < -0.39 is 5.91 Å². The monoisotopic (exact) mass is 589 g/mol. The molecule has 1 aliphatic heterocycles. The summed E-state index contributed by atoms with van der Waals surface area (Å²) in [4.78, 5) is 29.2. The summed E-state index contributed by atoms with van der Waals surface area (Å²) in [6.45, 7) is 1.57. The summed E-state index contributed by atoms with van der Waals surface area (Å²) in [5, 5.41) is 15.1. The lowest BCUT2D eigenvalue weighted by atomic mass is 10.1. The fraction of sp³-hybridized carbons (Fsp3) is 0.152. The van der Waals surface area contributed by atoms with Crippen molar-refractivity contribution < 1.29 is 14.3 Å². The van der Waals surface area contributed by atoms with Crippen molar-refractivity contribution in [3.8, 4) is 34.5 Å². The van der Waals surface area contributed by atoms with Crippen LogP contribution in [0.4, 0.5) is 0 Å². The maximum atomic E-state index is 14.1. The summed E-state index contributed by atoms with van der Waals surface area (Å²) < 4.78 is 14.6. The van der Waals surface area contributed by atoms with Gasteiger partial charge in [-0.2, -0.15) is 10.4 Å². The predicted octanol–water partition coefficient (Wildman–Crippen LogP) is 3.12. The van der Waals surface area contributed by atoms with Gasteiger partial charge in [0, 0.05) is 30.4 Å². The van der Waals surface area contributed by atoms with Crippen LogP contribution in [0, 0.1) is 11.3 Å². The van der Waals surface area contributed by atoms with Gasteiger partial charge in [-0.05, 0) is 54.6 Å². The van der Waals surface area contributed by atoms with Gasteiger partial charge in [0.15, 0.2) is 5.57 Å². The van der Waals surface area contributed by atoms with Gasteiger partial charge in [-0.1, -0.05) is 36.4 Å². The molecule has 3 aromatic carbocycles. The Balaban J connectivity index is 1.59. The molecule has 1 fully saturated rings. The standard InChI is InChI=1S/C33H27N5O4S/c1-41-27-14-12-23(13-15-27)30-24(22-37(35-30)25-8-4-2-5-9-25)20-29-32(40)38(26-10-6-3-7-11-26)33(43-29)28(21-34)31(39)36-16-18-42-19-17-36/h2-15,20,22H,16-19H2,1H3. The molecule has 0 unspecified atom stereocenters. The molecule has 10 heteroatoms. The SMILES string of the molecule is COc1ccc(-c2nn(-c3ccccc3)cc2C=c2sc(=C(C#N)C(=O)N3CCOCC3)n(-c3ccccc3)c2=O)cc1. The van der Waals surface area contributed by atoms with E-state index in [-0.39, 0.29) is 15.8 Å². The zero-order chi connectivity index (χ0) is 29.8. The minimum Gasteiger partial charge on any atom is -0.497 e. The highest BCUT2D eigenvalue weighted by Gasteiger charge is 2.24. The lowest BCUT2D eigenvalue weighted by Gasteiger charge is -2.26. The number of carbonyl (C=O) groups excluding carboxylic acids is 1. The summed E-state index contributed by atoms with van der Waals surface area (Å²) in [5.41, 5.74) is 3.23. The molecule has 1 aliphatic rings. The van der Waals surface area contributed by atoms with Gasteiger partial charge in [-0.25, -0.2) is 4.68 Å². The van der Waals surface area contributed by atoms with Crippen LogP contribution in [0.25, 0.3) is 34.3 Å². The molecular weight excluding hydrogens is 562 g/mol. The molecule has 2 aromatic heterocycles. The van der Waals surface area contributed by atoms with Gasteiger partial charge < -0.3 is 14.4 Å². The first-order chi connectivity index (χ1) is 21.1. The van der Waals surface area contributed by atoms with Crippen molar-refractivity contribution in [1.82, 2.24) is 19.2 Å². The number of hydrogen-bond donors (Lipinski definition) is 0. The van der Waals surface area contributed by atoms with Crippen LogP contribution in [-0.4, -0.2) is 58.6 Å². The van der Waals surface area contributed by atoms with E-state index in [2.05, 4.69) is 6.07 Å². The van der Waals surface area contributed by atoms with E-state index in [9.17, 15) is 14.9 Å². The molecule has 0 saturated carbocycles. The Bertz CT molecular complexity index is 1980. The van der Waals surface area contributed by atoms with Crippen LogP contribution < -0.4 is 19.5 Å². The quantitative estimate of drug-likeness (QED) is 0.302. The summed E-state index contributed by atoms with van der Waals surface area (Å²) in [6.07, 6.45) is 3.64. The number of para-hydroxylation sites is 2. The van der Waals surface area contributed by atoms with Crippen LogP contribution in [0.1, 0.15) is 5.56 Å². The number of hydrogen-bond acceptors (Lipinski definition) is 7. The molecular formula is C33H27N5O4S. The van der Waals surface area contributed by atoms with Crippen molar-refractivity contribution in [3.63, 3.8) is 0 Å². The van der Waals surface area contributed by atoms with Crippen LogP contribution in [0.2, 0.25) is 0 Å². The average Bonchev–Trinajstić information content (AvgIpc) is 3.63. The van der Waals surface area contributed by atoms with E-state index in [1.807, 2.05) is 79.0 Å². The highest BCUT2D eigenvalue weighted by molar-refractivity contribution is 7.07. The summed E-state index contributed by atoms with van der Waals surface area (Å²) in [6, 6.07) is 28.4. The Morgan fingerprint density at radius 2 is 1.63 bits per heavy atom. The van der Waals surface area contributed by atoms with Gasteiger partial charge in [-0.15, -0.1) is 11.3 Å². The Labute approximate surface area is 251 Å². The largest absolute Gasteiger partial charge is 0.497 e. The van der Waals surface area contributed by atoms with E-state index in [0.29, 0.717) is 47.8 Å². The van der Waals surface area contributed by atoms with E-state index in [4.69, 9.17) is 14.6 Å². The van der Waals surface area contributed by atoms with Gasteiger partial charge in [-0.3, -0.25) is 14.2 Å². The minimum atomic E-state index is -0.417. The molecule has 0 aliphatic carbocycles. The fourth-order valence-electron chi connectivity index (χ4n) is 4.89. The van der Waals surface area contributed by atoms with Crippen molar-refractivity contribution in [2.24, 2.45) is 0 Å². The summed E-state index contributed by atoms with van der Waals surface area (Å²) in [5.74, 6) is 0.300. The molecule has 0 N–H and O–H groups in total. The van der Waals surface area contributed by atoms with Crippen molar-refractivity contribution in [3.05, 3.63) is 116 Å². The molecule has 0 spiro atoms. The van der Waals surface area contributed by atoms with Crippen LogP contribution >= 0.6 is 11.3 Å². The second kappa shape index (κ2) is 12.3. The van der Waals surface area contributed by atoms with E-state index >= 15 is 0 Å². The minimum absolute atomic E-state index is 0.0807. The molecule has 214 valence electrons. The maximum absolute atomic E-state index is 14.1. The smallest absolute Gasteiger partial charge is 0.273 e. The van der Waals surface area contributed by atoms with E-state index in [0.717, 1.165) is 28.3 Å². The third-order valence-corrected chi connectivity index (χ3v) is 8.18. The van der Waals surface area contributed by atoms with Crippen molar-refractivity contribution in [2.45, 2.75) is 0 Å². The van der Waals surface area contributed by atoms with Crippen LogP contribution in [-0.2, 0) is 9.53 Å². The fourth-order valence-corrected chi connectivity index (χ4v) is 5.98. The van der Waals surface area contributed by atoms with Gasteiger partial charge in [0.25, 0.3) is 11.5 Å². The van der Waals surface area contributed by atoms with Gasteiger partial charge in [0.05, 0.1) is 36.2 Å². The number of nitrogens with zero attached hydrogens (tertiary/aromatic N) is 5. The van der Waals surface area contributed by atoms with Crippen LogP contribution in [0.15, 0.2) is 95.9 Å². The third-order valence-electron chi connectivity index (χ3n) is 7.09. The molecule has 0 atom stereocenters. The summed E-state index contributed by atoms with van der Waals surface area (Å²) in [7, 11) is 1.61. The molecule has 9 nitrogen and oxygen atoms in total. The number of rotatable bonds is 6. The first-order valence-corrected chi connectivity index (χ1v) is 14.5. The number of thiazole rings is 1. The van der Waals surface area contributed by atoms with Crippen molar-refractivity contribution in [2.75, 3.05) is 33.4 Å². The number of carbonyl (C=O) groups is 1. The van der Waals surface area contributed by atoms with Crippen molar-refractivity contribution in [1.29, 1.82) is 5.26 Å². The van der Waals surface area contributed by atoms with Crippen LogP contribution in [0.3, 0.4) is 0 Å². The molecule has 0 bridgehead atoms. The third kappa shape index (κ3) is 5.64. The first kappa shape index (κ1) is 27.9. The topological polar surface area (TPSA) is 102 Å². The lowest BCUT2D eigenvalue weighted by Crippen LogP contribution is -2.42. The second-order valence-corrected chi connectivity index (χ2v) is 10.8. The Morgan fingerprint density at radius 3 is 2.26 bits per heavy atom. The number of methoxy groups -OCH3 is 1. The van der Waals surface area contributed by atoms with Gasteiger partial charge >= 0.3 is 0 Å². The van der Waals surface area contributed by atoms with Crippen LogP contribution in [0.5, 0.6) is 5.75 Å². The molecule has 1 amide bonds. The highest BCUT2D eigenvalue weighted by atomic mass is 32.1. The Hall–Kier alpha value is -5.24. The average molecular weight is 590 g/mol. The molecule has 43 heavy (non-hydrogen) atoms. The number of nitriles is 1. The molecule has 1 saturated heterocycles. The highest BCUT2D eigenvalue weighted by Crippen LogP contribution is 2.26. The zero-order valence-corrected chi connectivity index (χ0v) is 24.2. The van der Waals surface area contributed by atoms with E-state index in [1.54, 1.807) is 34.9 Å². The van der Waals surface area contributed by atoms with Gasteiger partial charge in [0.2, 0.25) is 0 Å². The lowest BCUT2D eigenvalue weighted by molar-refractivity contribution is -0.128. The number of ether oxygens (including phenoxy) is 2. The molecule has 5 aromatic rings. The second-order valence-electron chi connectivity index (χ2n) is 9.72. The molecule has 6 rings (SSSR count). The predicted molar refractivity (Wildman–Crippen MR) is 165 cm³/mol. The number of aromatic nitrogens is 3. The van der Waals surface area contributed by atoms with E-state index in [1.165, 1.54) is 4.57 Å². The van der Waals surface area contributed by atoms with Gasteiger partial charge in [0.1, 0.15) is 22.2 Å². The molecule has 0 radical (unpaired) electrons.